The number of nitrogens with zero attached hydrogens (tertiary/aromatic N) is 4. The van der Waals surface area contributed by atoms with Crippen molar-refractivity contribution in [3.05, 3.63) is 46.6 Å². The molecule has 0 aliphatic rings. The number of rotatable bonds is 1. The Hall–Kier alpha value is -2.19. The largest absolute Gasteiger partial charge is 0.326 e. The van der Waals surface area contributed by atoms with Crippen molar-refractivity contribution in [3.63, 3.8) is 0 Å². The fourth-order valence-electron chi connectivity index (χ4n) is 2.00. The molecule has 2 aromatic heterocycles. The first kappa shape index (κ1) is 11.9. The van der Waals surface area contributed by atoms with Gasteiger partial charge in [-0.05, 0) is 46.3 Å². The highest BCUT2D eigenvalue weighted by Gasteiger charge is 2.11. The Morgan fingerprint density at radius 3 is 2.79 bits per heavy atom. The van der Waals surface area contributed by atoms with E-state index in [1.54, 1.807) is 12.3 Å². The first-order valence-electron chi connectivity index (χ1n) is 5.67. The summed E-state index contributed by atoms with van der Waals surface area (Å²) >= 11 is 3.36. The van der Waals surface area contributed by atoms with Crippen LogP contribution in [0.15, 0.2) is 41.0 Å². The van der Waals surface area contributed by atoms with Crippen molar-refractivity contribution in [1.82, 2.24) is 14.5 Å². The quantitative estimate of drug-likeness (QED) is 0.693. The minimum absolute atomic E-state index is 0.630. The summed E-state index contributed by atoms with van der Waals surface area (Å²) in [5, 5.41) is 8.95. The van der Waals surface area contributed by atoms with Crippen molar-refractivity contribution in [1.29, 1.82) is 5.26 Å². The van der Waals surface area contributed by atoms with Gasteiger partial charge in [-0.2, -0.15) is 5.26 Å². The van der Waals surface area contributed by atoms with Gasteiger partial charge >= 0.3 is 0 Å². The maximum Gasteiger partial charge on any atom is 0.159 e. The number of hydrogen-bond acceptors (Lipinski definition) is 3. The van der Waals surface area contributed by atoms with Gasteiger partial charge in [-0.25, -0.2) is 4.98 Å². The van der Waals surface area contributed by atoms with Gasteiger partial charge in [-0.1, -0.05) is 0 Å². The van der Waals surface area contributed by atoms with Crippen LogP contribution in [0.5, 0.6) is 0 Å². The summed E-state index contributed by atoms with van der Waals surface area (Å²) in [5.41, 5.74) is 3.23. The molecule has 0 fully saturated rings. The molecular weight excluding hydrogens is 304 g/mol. The molecule has 3 aromatic rings. The van der Waals surface area contributed by atoms with E-state index >= 15 is 0 Å². The summed E-state index contributed by atoms with van der Waals surface area (Å²) in [7, 11) is 1.93. The number of fused-ring (bicyclic) bond motifs is 1. The highest BCUT2D eigenvalue weighted by atomic mass is 79.9. The molecule has 0 bridgehead atoms. The van der Waals surface area contributed by atoms with Crippen LogP contribution in [0.3, 0.4) is 0 Å². The van der Waals surface area contributed by atoms with Crippen molar-refractivity contribution in [2.24, 2.45) is 7.05 Å². The third-order valence-corrected chi connectivity index (χ3v) is 3.44. The molecule has 1 aromatic carbocycles. The number of nitriles is 1. The smallest absolute Gasteiger partial charge is 0.159 e. The normalized spacial score (nSPS) is 10.6. The van der Waals surface area contributed by atoms with Crippen LogP contribution in [0.25, 0.3) is 22.6 Å². The molecular formula is C14H9BrN4. The average molecular weight is 313 g/mol. The van der Waals surface area contributed by atoms with Crippen molar-refractivity contribution >= 4 is 27.0 Å². The summed E-state index contributed by atoms with van der Waals surface area (Å²) < 4.78 is 2.88. The Morgan fingerprint density at radius 1 is 1.26 bits per heavy atom. The monoisotopic (exact) mass is 312 g/mol. The Kier molecular flexibility index (Phi) is 2.80. The Balaban J connectivity index is 2.23. The fraction of sp³-hybridized carbons (Fsp3) is 0.0714. The lowest BCUT2D eigenvalue weighted by Gasteiger charge is -2.01. The van der Waals surface area contributed by atoms with E-state index in [4.69, 9.17) is 5.26 Å². The van der Waals surface area contributed by atoms with Crippen molar-refractivity contribution in [2.45, 2.75) is 0 Å². The van der Waals surface area contributed by atoms with Crippen LogP contribution in [-0.4, -0.2) is 14.5 Å². The number of hydrogen-bond donors (Lipinski definition) is 0. The van der Waals surface area contributed by atoms with Gasteiger partial charge in [0.2, 0.25) is 0 Å². The zero-order valence-electron chi connectivity index (χ0n) is 10.1. The molecule has 0 atom stereocenters. The summed E-state index contributed by atoms with van der Waals surface area (Å²) in [6, 6.07) is 11.5. The zero-order chi connectivity index (χ0) is 13.4. The Morgan fingerprint density at radius 2 is 2.11 bits per heavy atom. The average Bonchev–Trinajstić information content (AvgIpc) is 2.76. The van der Waals surface area contributed by atoms with Crippen LogP contribution in [0.2, 0.25) is 0 Å². The molecule has 0 saturated heterocycles. The van der Waals surface area contributed by atoms with E-state index in [0.29, 0.717) is 5.56 Å². The standard InChI is InChI=1S/C14H9BrN4/c1-19-13-6-9(7-16)2-4-11(13)18-14(19)12-5-3-10(15)8-17-12/h2-6,8H,1H3. The van der Waals surface area contributed by atoms with Crippen LogP contribution < -0.4 is 0 Å². The number of pyridine rings is 1. The van der Waals surface area contributed by atoms with Gasteiger partial charge in [-0.3, -0.25) is 4.98 Å². The molecule has 92 valence electrons. The third kappa shape index (κ3) is 2.00. The van der Waals surface area contributed by atoms with Gasteiger partial charge < -0.3 is 4.57 Å². The van der Waals surface area contributed by atoms with Crippen LogP contribution in [0, 0.1) is 11.3 Å². The number of aromatic nitrogens is 3. The zero-order valence-corrected chi connectivity index (χ0v) is 11.7. The number of aryl methyl sites for hydroxylation is 1. The second kappa shape index (κ2) is 4.48. The van der Waals surface area contributed by atoms with Crippen molar-refractivity contribution in [2.75, 3.05) is 0 Å². The molecule has 0 unspecified atom stereocenters. The van der Waals surface area contributed by atoms with Crippen LogP contribution in [0.4, 0.5) is 0 Å². The third-order valence-electron chi connectivity index (χ3n) is 2.97. The number of imidazole rings is 1. The van der Waals surface area contributed by atoms with E-state index in [9.17, 15) is 0 Å². The topological polar surface area (TPSA) is 54.5 Å². The van der Waals surface area contributed by atoms with E-state index in [1.807, 2.05) is 35.9 Å². The molecule has 4 nitrogen and oxygen atoms in total. The number of halogens is 1. The molecule has 19 heavy (non-hydrogen) atoms. The highest BCUT2D eigenvalue weighted by Crippen LogP contribution is 2.23. The minimum Gasteiger partial charge on any atom is -0.326 e. The Labute approximate surface area is 118 Å². The summed E-state index contributed by atoms with van der Waals surface area (Å²) in [6.07, 6.45) is 1.75. The van der Waals surface area contributed by atoms with Gasteiger partial charge in [0.05, 0.1) is 22.7 Å². The minimum atomic E-state index is 0.630. The van der Waals surface area contributed by atoms with Crippen LogP contribution in [0.1, 0.15) is 5.56 Å². The molecule has 0 radical (unpaired) electrons. The lowest BCUT2D eigenvalue weighted by molar-refractivity contribution is 0.950. The predicted octanol–water partition coefficient (Wildman–Crippen LogP) is 3.27. The molecule has 0 saturated carbocycles. The number of benzene rings is 1. The summed E-state index contributed by atoms with van der Waals surface area (Å²) in [5.74, 6) is 0.789. The van der Waals surface area contributed by atoms with Gasteiger partial charge in [0, 0.05) is 17.7 Å². The van der Waals surface area contributed by atoms with Crippen LogP contribution in [-0.2, 0) is 7.05 Å². The first-order chi connectivity index (χ1) is 9.19. The van der Waals surface area contributed by atoms with E-state index in [2.05, 4.69) is 32.0 Å². The van der Waals surface area contributed by atoms with Crippen LogP contribution >= 0.6 is 15.9 Å². The molecule has 5 heteroatoms. The van der Waals surface area contributed by atoms with Gasteiger partial charge in [0.15, 0.2) is 5.82 Å². The lowest BCUT2D eigenvalue weighted by Crippen LogP contribution is -1.94. The van der Waals surface area contributed by atoms with Crippen molar-refractivity contribution < 1.29 is 0 Å². The van der Waals surface area contributed by atoms with E-state index in [1.165, 1.54) is 0 Å². The van der Waals surface area contributed by atoms with Crippen molar-refractivity contribution in [3.8, 4) is 17.6 Å². The van der Waals surface area contributed by atoms with Gasteiger partial charge in [0.1, 0.15) is 5.69 Å². The molecule has 2 heterocycles. The summed E-state index contributed by atoms with van der Waals surface area (Å²) in [6.45, 7) is 0. The predicted molar refractivity (Wildman–Crippen MR) is 76.4 cm³/mol. The fourth-order valence-corrected chi connectivity index (χ4v) is 2.23. The Bertz CT molecular complexity index is 797. The van der Waals surface area contributed by atoms with E-state index < -0.39 is 0 Å². The first-order valence-corrected chi connectivity index (χ1v) is 6.47. The molecule has 3 rings (SSSR count). The molecule has 0 N–H and O–H groups in total. The second-order valence-electron chi connectivity index (χ2n) is 4.17. The molecule has 0 aliphatic heterocycles. The lowest BCUT2D eigenvalue weighted by atomic mass is 10.2. The highest BCUT2D eigenvalue weighted by molar-refractivity contribution is 9.10. The molecule has 0 aliphatic carbocycles. The SMILES string of the molecule is Cn1c(-c2ccc(Br)cn2)nc2ccc(C#N)cc21. The maximum absolute atomic E-state index is 8.95. The van der Waals surface area contributed by atoms with E-state index in [0.717, 1.165) is 27.0 Å². The maximum atomic E-state index is 8.95. The second-order valence-corrected chi connectivity index (χ2v) is 5.09. The van der Waals surface area contributed by atoms with Gasteiger partial charge in [-0.15, -0.1) is 0 Å². The summed E-state index contributed by atoms with van der Waals surface area (Å²) in [4.78, 5) is 8.92. The molecule has 0 spiro atoms. The van der Waals surface area contributed by atoms with Gasteiger partial charge in [0.25, 0.3) is 0 Å². The van der Waals surface area contributed by atoms with E-state index in [-0.39, 0.29) is 0 Å². The molecule has 0 amide bonds.